The number of aromatic nitrogens is 2. The minimum absolute atomic E-state index is 0.0554. The average molecular weight is 376 g/mol. The number of hydrogen-bond donors (Lipinski definition) is 3. The Morgan fingerprint density at radius 1 is 1.20 bits per heavy atom. The predicted molar refractivity (Wildman–Crippen MR) is 87.0 cm³/mol. The van der Waals surface area contributed by atoms with Gasteiger partial charge in [0.2, 0.25) is 0 Å². The summed E-state index contributed by atoms with van der Waals surface area (Å²) >= 11 is 0. The van der Waals surface area contributed by atoms with Crippen molar-refractivity contribution in [3.05, 3.63) is 50.0 Å². The van der Waals surface area contributed by atoms with Crippen LogP contribution in [0.1, 0.15) is 17.5 Å². The Labute approximate surface area is 141 Å². The van der Waals surface area contributed by atoms with Gasteiger partial charge in [-0.25, -0.2) is 0 Å². The van der Waals surface area contributed by atoms with Crippen molar-refractivity contribution in [1.82, 2.24) is 9.78 Å². The molecule has 0 unspecified atom stereocenters. The summed E-state index contributed by atoms with van der Waals surface area (Å²) in [7, 11) is -2.29. The summed E-state index contributed by atoms with van der Waals surface area (Å²) in [4.78, 5) is 23.5. The fraction of sp³-hybridized carbons (Fsp3) is 0.333. The van der Waals surface area contributed by atoms with Gasteiger partial charge in [0, 0.05) is 19.0 Å². The lowest BCUT2D eigenvalue weighted by atomic mass is 9.95. The first-order chi connectivity index (χ1) is 11.5. The molecule has 0 saturated carbocycles. The van der Waals surface area contributed by atoms with Gasteiger partial charge in [-0.05, 0) is 30.0 Å². The minimum atomic E-state index is -4.76. The van der Waals surface area contributed by atoms with E-state index in [1.54, 1.807) is 0 Å². The largest absolute Gasteiger partial charge is 0.418 e. The highest BCUT2D eigenvalue weighted by Gasteiger charge is 2.41. The summed E-state index contributed by atoms with van der Waals surface area (Å²) in [6.07, 6.45) is -3.11. The summed E-state index contributed by atoms with van der Waals surface area (Å²) in [6, 6.07) is 1.83. The molecule has 0 radical (unpaired) electrons. The first kappa shape index (κ1) is 17.8. The third-order valence-corrected chi connectivity index (χ3v) is 6.16. The molecule has 25 heavy (non-hydrogen) atoms. The highest BCUT2D eigenvalue weighted by Crippen LogP contribution is 2.58. The highest BCUT2D eigenvalue weighted by molar-refractivity contribution is 8.24. The topological polar surface area (TPSA) is 95.3 Å². The maximum atomic E-state index is 13.3. The van der Waals surface area contributed by atoms with Gasteiger partial charge < -0.3 is 5.10 Å². The number of H-pyrrole nitrogens is 1. The van der Waals surface area contributed by atoms with E-state index in [0.29, 0.717) is 0 Å². The molecule has 3 N–H and O–H groups in total. The smallest absolute Gasteiger partial charge is 0.302 e. The van der Waals surface area contributed by atoms with Crippen molar-refractivity contribution in [2.75, 3.05) is 5.75 Å². The van der Waals surface area contributed by atoms with Gasteiger partial charge in [-0.1, -0.05) is 6.07 Å². The van der Waals surface area contributed by atoms with Crippen LogP contribution in [-0.2, 0) is 19.6 Å². The summed E-state index contributed by atoms with van der Waals surface area (Å²) in [5.41, 5.74) is -2.77. The second-order valence-electron chi connectivity index (χ2n) is 5.82. The monoisotopic (exact) mass is 376 g/mol. The molecule has 6 nitrogen and oxygen atoms in total. The zero-order chi connectivity index (χ0) is 18.6. The van der Waals surface area contributed by atoms with Gasteiger partial charge in [-0.2, -0.15) is 23.8 Å². The number of rotatable bonds is 1. The number of nitrogens with zero attached hydrogens (tertiary/aromatic N) is 1. The van der Waals surface area contributed by atoms with E-state index in [1.807, 2.05) is 0 Å². The van der Waals surface area contributed by atoms with E-state index < -0.39 is 38.2 Å². The van der Waals surface area contributed by atoms with Crippen LogP contribution >= 0.6 is 10.6 Å². The van der Waals surface area contributed by atoms with E-state index in [0.717, 1.165) is 16.8 Å². The van der Waals surface area contributed by atoms with Gasteiger partial charge in [0.05, 0.1) is 16.0 Å². The lowest BCUT2D eigenvalue weighted by Gasteiger charge is -2.40. The van der Waals surface area contributed by atoms with E-state index in [9.17, 15) is 31.9 Å². The van der Waals surface area contributed by atoms with E-state index in [4.69, 9.17) is 0 Å². The van der Waals surface area contributed by atoms with Crippen molar-refractivity contribution in [3.63, 3.8) is 0 Å². The third-order valence-electron chi connectivity index (χ3n) is 4.18. The van der Waals surface area contributed by atoms with Crippen LogP contribution in [0.3, 0.4) is 0 Å². The zero-order valence-corrected chi connectivity index (χ0v) is 13.9. The van der Waals surface area contributed by atoms with Gasteiger partial charge in [-0.15, -0.1) is 0 Å². The molecule has 0 fully saturated rings. The Balaban J connectivity index is 2.38. The van der Waals surface area contributed by atoms with Gasteiger partial charge >= 0.3 is 11.7 Å². The molecule has 1 aliphatic heterocycles. The summed E-state index contributed by atoms with van der Waals surface area (Å²) < 4.78 is 61.3. The molecule has 0 aliphatic carbocycles. The van der Waals surface area contributed by atoms with Gasteiger partial charge in [0.25, 0.3) is 5.43 Å². The van der Waals surface area contributed by atoms with Crippen LogP contribution in [0.5, 0.6) is 0 Å². The van der Waals surface area contributed by atoms with Crippen LogP contribution in [0.15, 0.2) is 32.8 Å². The Hall–Kier alpha value is -2.04. The van der Waals surface area contributed by atoms with Crippen molar-refractivity contribution >= 4 is 10.6 Å². The molecule has 10 heteroatoms. The van der Waals surface area contributed by atoms with Crippen molar-refractivity contribution in [3.8, 4) is 11.1 Å². The molecular formula is C15H15F3N2O4S. The number of alkyl halides is 3. The van der Waals surface area contributed by atoms with Crippen LogP contribution in [0.4, 0.5) is 13.2 Å². The second kappa shape index (κ2) is 5.75. The number of fused-ring (bicyclic) bond motifs is 1. The van der Waals surface area contributed by atoms with E-state index in [2.05, 4.69) is 5.10 Å². The Morgan fingerprint density at radius 3 is 2.52 bits per heavy atom. The number of aryl methyl sites for hydroxylation is 1. The molecule has 1 aromatic carbocycles. The molecule has 1 aliphatic rings. The maximum Gasteiger partial charge on any atom is 0.418 e. The molecular weight excluding hydrogens is 361 g/mol. The maximum absolute atomic E-state index is 13.3. The van der Waals surface area contributed by atoms with E-state index in [-0.39, 0.29) is 35.3 Å². The number of nitrogens with one attached hydrogen (secondary N) is 1. The first-order valence-electron chi connectivity index (χ1n) is 7.32. The number of aromatic amines is 1. The second-order valence-corrected chi connectivity index (χ2v) is 7.97. The van der Waals surface area contributed by atoms with Gasteiger partial charge in [0.1, 0.15) is 0 Å². The highest BCUT2D eigenvalue weighted by atomic mass is 32.3. The van der Waals surface area contributed by atoms with Crippen molar-refractivity contribution in [2.24, 2.45) is 7.05 Å². The van der Waals surface area contributed by atoms with Crippen molar-refractivity contribution in [1.29, 1.82) is 0 Å². The number of hydrogen-bond acceptors (Lipinski definition) is 4. The zero-order valence-electron chi connectivity index (χ0n) is 13.1. The lowest BCUT2D eigenvalue weighted by Crippen LogP contribution is -2.35. The lowest BCUT2D eigenvalue weighted by molar-refractivity contribution is -0.140. The molecule has 0 spiro atoms. The Bertz CT molecular complexity index is 963. The quantitative estimate of drug-likeness (QED) is 0.667. The molecule has 2 aromatic rings. The fourth-order valence-electron chi connectivity index (χ4n) is 3.03. The third kappa shape index (κ3) is 2.90. The van der Waals surface area contributed by atoms with Crippen molar-refractivity contribution < 1.29 is 22.3 Å². The van der Waals surface area contributed by atoms with Crippen LogP contribution in [-0.4, -0.2) is 24.6 Å². The summed E-state index contributed by atoms with van der Waals surface area (Å²) in [5.74, 6) is -0.167. The number of benzene rings is 1. The van der Waals surface area contributed by atoms with E-state index >= 15 is 0 Å². The van der Waals surface area contributed by atoms with E-state index in [1.165, 1.54) is 13.2 Å². The standard InChI is InChI=1S/C15H15F3N2O4S/c1-20-14(22)12(21)10(7-19-20)8-4-5-11(15(16,17)18)13-9(8)3-2-6-25(13,23)24/h4-5,7,19,23-24H,2-3,6H2,1H3. The molecule has 136 valence electrons. The Kier molecular flexibility index (Phi) is 4.09. The molecule has 2 heterocycles. The van der Waals surface area contributed by atoms with Crippen LogP contribution in [0.2, 0.25) is 0 Å². The fourth-order valence-corrected chi connectivity index (χ4v) is 4.92. The average Bonchev–Trinajstić information content (AvgIpc) is 2.51. The molecule has 0 saturated heterocycles. The van der Waals surface area contributed by atoms with Gasteiger partial charge in [0.15, 0.2) is 0 Å². The summed E-state index contributed by atoms with van der Waals surface area (Å²) in [5, 5.41) is 2.54. The van der Waals surface area contributed by atoms with Gasteiger partial charge in [-0.3, -0.25) is 23.4 Å². The van der Waals surface area contributed by atoms with Crippen LogP contribution in [0, 0.1) is 0 Å². The molecule has 1 aromatic heterocycles. The van der Waals surface area contributed by atoms with Crippen LogP contribution in [0.25, 0.3) is 11.1 Å². The minimum Gasteiger partial charge on any atom is -0.302 e. The molecule has 3 rings (SSSR count). The Morgan fingerprint density at radius 2 is 1.88 bits per heavy atom. The predicted octanol–water partition coefficient (Wildman–Crippen LogP) is 2.82. The normalized spacial score (nSPS) is 17.8. The number of halogens is 3. The summed E-state index contributed by atoms with van der Waals surface area (Å²) in [6.45, 7) is 0. The molecule has 0 bridgehead atoms. The molecule has 0 atom stereocenters. The molecule has 0 amide bonds. The first-order valence-corrected chi connectivity index (χ1v) is 9.04. The van der Waals surface area contributed by atoms with Crippen molar-refractivity contribution in [2.45, 2.75) is 23.9 Å². The van der Waals surface area contributed by atoms with Crippen LogP contribution < -0.4 is 11.0 Å². The SMILES string of the molecule is Cn1[nH]cc(-c2ccc(C(F)(F)F)c3c2CCCS3(O)O)c(=O)c1=O.